The van der Waals surface area contributed by atoms with Crippen molar-refractivity contribution in [1.29, 1.82) is 0 Å². The summed E-state index contributed by atoms with van der Waals surface area (Å²) in [4.78, 5) is 17.7. The van der Waals surface area contributed by atoms with Gasteiger partial charge < -0.3 is 14.5 Å². The van der Waals surface area contributed by atoms with Crippen molar-refractivity contribution in [1.82, 2.24) is 0 Å². The van der Waals surface area contributed by atoms with E-state index in [-0.39, 0.29) is 12.6 Å². The lowest BCUT2D eigenvalue weighted by molar-refractivity contribution is -0.122. The molecule has 0 amide bonds. The first-order chi connectivity index (χ1) is 7.55. The molecule has 1 unspecified atom stereocenters. The molecule has 0 saturated carbocycles. The van der Waals surface area contributed by atoms with Crippen LogP contribution in [0.25, 0.3) is 0 Å². The molecular formula is C10H15O5P. The average molecular weight is 246 g/mol. The van der Waals surface area contributed by atoms with Crippen LogP contribution in [-0.4, -0.2) is 22.6 Å². The van der Waals surface area contributed by atoms with E-state index in [1.807, 2.05) is 13.0 Å². The second kappa shape index (κ2) is 7.91. The Labute approximate surface area is 94.2 Å². The van der Waals surface area contributed by atoms with E-state index < -0.39 is 7.60 Å². The van der Waals surface area contributed by atoms with Gasteiger partial charge in [0.2, 0.25) is 0 Å². The molecule has 5 nitrogen and oxygen atoms in total. The van der Waals surface area contributed by atoms with Crippen molar-refractivity contribution in [3.8, 4) is 5.75 Å². The highest BCUT2D eigenvalue weighted by Gasteiger charge is 2.18. The summed E-state index contributed by atoms with van der Waals surface area (Å²) in [5.41, 5.74) is 0. The van der Waals surface area contributed by atoms with E-state index in [0.29, 0.717) is 12.2 Å². The van der Waals surface area contributed by atoms with Crippen LogP contribution in [-0.2, 0) is 9.36 Å². The Morgan fingerprint density at radius 1 is 1.38 bits per heavy atom. The number of para-hydroxylation sites is 1. The Morgan fingerprint density at radius 3 is 2.31 bits per heavy atom. The summed E-state index contributed by atoms with van der Waals surface area (Å²) in [5, 5.41) is 6.89. The minimum Gasteiger partial charge on any atom is -0.483 e. The SMILES string of the molecule is CCCP(=O)(O)Oc1ccccc1.O=CO. The maximum absolute atomic E-state index is 11.3. The molecular weight excluding hydrogens is 231 g/mol. The molecule has 0 fully saturated rings. The maximum atomic E-state index is 11.3. The van der Waals surface area contributed by atoms with E-state index >= 15 is 0 Å². The fourth-order valence-corrected chi connectivity index (χ4v) is 2.08. The van der Waals surface area contributed by atoms with E-state index in [0.717, 1.165) is 0 Å². The molecule has 0 aliphatic rings. The van der Waals surface area contributed by atoms with Gasteiger partial charge in [-0.05, 0) is 18.6 Å². The maximum Gasteiger partial charge on any atom is 0.376 e. The number of benzene rings is 1. The number of carboxylic acid groups (broad SMARTS) is 1. The van der Waals surface area contributed by atoms with E-state index in [1.54, 1.807) is 24.3 Å². The summed E-state index contributed by atoms with van der Waals surface area (Å²) in [6.07, 6.45) is 0.836. The first kappa shape index (κ1) is 14.7. The lowest BCUT2D eigenvalue weighted by Gasteiger charge is -2.11. The third-order valence-corrected chi connectivity index (χ3v) is 3.01. The Morgan fingerprint density at radius 2 is 1.88 bits per heavy atom. The molecule has 90 valence electrons. The van der Waals surface area contributed by atoms with Crippen molar-refractivity contribution in [3.05, 3.63) is 30.3 Å². The van der Waals surface area contributed by atoms with Crippen LogP contribution in [0.3, 0.4) is 0 Å². The summed E-state index contributed by atoms with van der Waals surface area (Å²) in [7, 11) is -3.41. The Hall–Kier alpha value is -1.32. The van der Waals surface area contributed by atoms with Crippen LogP contribution in [0.5, 0.6) is 5.75 Å². The van der Waals surface area contributed by atoms with Gasteiger partial charge in [0.25, 0.3) is 6.47 Å². The zero-order chi connectivity index (χ0) is 12.4. The number of rotatable bonds is 4. The molecule has 1 rings (SSSR count). The Bertz CT molecular complexity index is 338. The van der Waals surface area contributed by atoms with Crippen LogP contribution in [0.15, 0.2) is 30.3 Å². The second-order valence-electron chi connectivity index (χ2n) is 2.87. The van der Waals surface area contributed by atoms with Crippen molar-refractivity contribution >= 4 is 14.1 Å². The fraction of sp³-hybridized carbons (Fsp3) is 0.300. The van der Waals surface area contributed by atoms with Crippen molar-refractivity contribution in [3.63, 3.8) is 0 Å². The zero-order valence-electron chi connectivity index (χ0n) is 8.94. The Kier molecular flexibility index (Phi) is 7.25. The predicted molar refractivity (Wildman–Crippen MR) is 60.7 cm³/mol. The lowest BCUT2D eigenvalue weighted by Crippen LogP contribution is -1.95. The lowest BCUT2D eigenvalue weighted by atomic mass is 10.3. The van der Waals surface area contributed by atoms with Gasteiger partial charge in [0, 0.05) is 0 Å². The molecule has 0 spiro atoms. The largest absolute Gasteiger partial charge is 0.483 e. The van der Waals surface area contributed by atoms with Crippen LogP contribution in [0.1, 0.15) is 13.3 Å². The summed E-state index contributed by atoms with van der Waals surface area (Å²) in [5.74, 6) is 0.446. The Balaban J connectivity index is 0.000000673. The molecule has 0 aromatic heterocycles. The number of hydrogen-bond acceptors (Lipinski definition) is 3. The van der Waals surface area contributed by atoms with Crippen LogP contribution >= 0.6 is 7.60 Å². The van der Waals surface area contributed by atoms with Gasteiger partial charge in [0.1, 0.15) is 5.75 Å². The fourth-order valence-electron chi connectivity index (χ4n) is 0.974. The summed E-state index contributed by atoms with van der Waals surface area (Å²) in [6, 6.07) is 8.69. The van der Waals surface area contributed by atoms with Gasteiger partial charge in [-0.25, -0.2) is 4.57 Å². The molecule has 0 aliphatic heterocycles. The molecule has 0 bridgehead atoms. The van der Waals surface area contributed by atoms with Gasteiger partial charge in [-0.3, -0.25) is 4.79 Å². The zero-order valence-corrected chi connectivity index (χ0v) is 9.84. The van der Waals surface area contributed by atoms with Gasteiger partial charge >= 0.3 is 7.60 Å². The molecule has 0 saturated heterocycles. The molecule has 0 radical (unpaired) electrons. The van der Waals surface area contributed by atoms with Crippen molar-refractivity contribution < 1.29 is 23.9 Å². The standard InChI is InChI=1S/C9H13O3P.CH2O2/c1-2-8-13(10,11)12-9-6-4-3-5-7-9;2-1-3/h3-7H,2,8H2,1H3,(H,10,11);1H,(H,2,3). The molecule has 2 N–H and O–H groups in total. The highest BCUT2D eigenvalue weighted by molar-refractivity contribution is 7.53. The van der Waals surface area contributed by atoms with Crippen molar-refractivity contribution in [2.75, 3.05) is 6.16 Å². The highest BCUT2D eigenvalue weighted by atomic mass is 31.2. The van der Waals surface area contributed by atoms with E-state index in [2.05, 4.69) is 0 Å². The monoisotopic (exact) mass is 246 g/mol. The predicted octanol–water partition coefficient (Wildman–Crippen LogP) is 2.36. The summed E-state index contributed by atoms with van der Waals surface area (Å²) in [6.45, 7) is 1.59. The quantitative estimate of drug-likeness (QED) is 0.629. The van der Waals surface area contributed by atoms with Crippen LogP contribution in [0, 0.1) is 0 Å². The summed E-state index contributed by atoms with van der Waals surface area (Å²) >= 11 is 0. The highest BCUT2D eigenvalue weighted by Crippen LogP contribution is 2.42. The van der Waals surface area contributed by atoms with Crippen LogP contribution in [0.2, 0.25) is 0 Å². The van der Waals surface area contributed by atoms with Crippen LogP contribution < -0.4 is 4.52 Å². The molecule has 6 heteroatoms. The third kappa shape index (κ3) is 7.04. The number of carbonyl (C=O) groups is 1. The first-order valence-electron chi connectivity index (χ1n) is 4.70. The minimum atomic E-state index is -3.41. The smallest absolute Gasteiger partial charge is 0.376 e. The van der Waals surface area contributed by atoms with Crippen molar-refractivity contribution in [2.24, 2.45) is 0 Å². The minimum absolute atomic E-state index is 0.196. The van der Waals surface area contributed by atoms with Crippen molar-refractivity contribution in [2.45, 2.75) is 13.3 Å². The molecule has 1 atom stereocenters. The molecule has 16 heavy (non-hydrogen) atoms. The van der Waals surface area contributed by atoms with Gasteiger partial charge in [-0.2, -0.15) is 0 Å². The average Bonchev–Trinajstić information content (AvgIpc) is 2.19. The third-order valence-electron chi connectivity index (χ3n) is 1.50. The van der Waals surface area contributed by atoms with Gasteiger partial charge in [-0.1, -0.05) is 25.1 Å². The summed E-state index contributed by atoms with van der Waals surface area (Å²) < 4.78 is 16.3. The molecule has 1 aromatic carbocycles. The topological polar surface area (TPSA) is 83.8 Å². The molecule has 1 aromatic rings. The second-order valence-corrected chi connectivity index (χ2v) is 4.78. The molecule has 0 aliphatic carbocycles. The van der Waals surface area contributed by atoms with Gasteiger partial charge in [-0.15, -0.1) is 0 Å². The van der Waals surface area contributed by atoms with E-state index in [9.17, 15) is 9.46 Å². The van der Waals surface area contributed by atoms with Gasteiger partial charge in [0.15, 0.2) is 0 Å². The first-order valence-corrected chi connectivity index (χ1v) is 6.46. The van der Waals surface area contributed by atoms with Crippen LogP contribution in [0.4, 0.5) is 0 Å². The number of hydrogen-bond donors (Lipinski definition) is 2. The normalized spacial score (nSPS) is 12.9. The van der Waals surface area contributed by atoms with Gasteiger partial charge in [0.05, 0.1) is 6.16 Å². The molecule has 0 heterocycles. The van der Waals surface area contributed by atoms with E-state index in [1.165, 1.54) is 0 Å². The van der Waals surface area contributed by atoms with E-state index in [4.69, 9.17) is 14.4 Å².